The summed E-state index contributed by atoms with van der Waals surface area (Å²) < 4.78 is 46.9. The van der Waals surface area contributed by atoms with Gasteiger partial charge in [-0.1, -0.05) is 50.6 Å². The molecule has 0 bridgehead atoms. The highest BCUT2D eigenvalue weighted by atomic mass is 35.5. The number of aromatic nitrogens is 2. The molecule has 0 aliphatic heterocycles. The molecule has 0 fully saturated rings. The fourth-order valence-corrected chi connectivity index (χ4v) is 5.26. The molecule has 0 spiro atoms. The van der Waals surface area contributed by atoms with Gasteiger partial charge >= 0.3 is 6.18 Å². The van der Waals surface area contributed by atoms with Crippen molar-refractivity contribution >= 4 is 34.8 Å². The molecule has 8 nitrogen and oxygen atoms in total. The van der Waals surface area contributed by atoms with Gasteiger partial charge in [-0.3, -0.25) is 23.9 Å². The van der Waals surface area contributed by atoms with Crippen LogP contribution in [0.15, 0.2) is 53.3 Å². The van der Waals surface area contributed by atoms with Crippen molar-refractivity contribution < 1.29 is 32.3 Å². The lowest BCUT2D eigenvalue weighted by Crippen LogP contribution is -2.26. The molecule has 1 amide bonds. The Morgan fingerprint density at radius 2 is 1.70 bits per heavy atom. The Kier molecular flexibility index (Phi) is 11.2. The number of benzene rings is 2. The summed E-state index contributed by atoms with van der Waals surface area (Å²) in [6.07, 6.45) is -5.50. The van der Waals surface area contributed by atoms with Gasteiger partial charge in [0.25, 0.3) is 5.56 Å². The zero-order valence-electron chi connectivity index (χ0n) is 25.4. The van der Waals surface area contributed by atoms with Gasteiger partial charge in [0.1, 0.15) is 11.4 Å². The Bertz CT molecular complexity index is 1560. The Hall–Kier alpha value is -3.86. The fourth-order valence-electron chi connectivity index (χ4n) is 5.08. The first kappa shape index (κ1) is 34.6. The van der Waals surface area contributed by atoms with Gasteiger partial charge in [0.2, 0.25) is 11.7 Å². The molecule has 1 N–H and O–H groups in total. The largest absolute Gasteiger partial charge is 0.493 e. The van der Waals surface area contributed by atoms with Crippen molar-refractivity contribution in [3.05, 3.63) is 75.2 Å². The van der Waals surface area contributed by atoms with Crippen LogP contribution in [0.25, 0.3) is 5.69 Å². The van der Waals surface area contributed by atoms with E-state index in [0.29, 0.717) is 40.7 Å². The molecule has 1 aromatic heterocycles. The first-order valence-electron chi connectivity index (χ1n) is 14.3. The average molecular weight is 636 g/mol. The minimum atomic E-state index is -4.96. The second kappa shape index (κ2) is 14.3. The number of para-hydroxylation sites is 1. The van der Waals surface area contributed by atoms with Crippen LogP contribution in [0.2, 0.25) is 5.02 Å². The molecule has 3 aromatic rings. The van der Waals surface area contributed by atoms with E-state index >= 15 is 0 Å². The molecule has 0 aliphatic carbocycles. The molecule has 1 atom stereocenters. The summed E-state index contributed by atoms with van der Waals surface area (Å²) in [4.78, 5) is 51.5. The molecule has 0 saturated carbocycles. The lowest BCUT2D eigenvalue weighted by Gasteiger charge is -2.24. The number of ether oxygens (including phenoxy) is 1. The van der Waals surface area contributed by atoms with Gasteiger partial charge in [0, 0.05) is 37.3 Å². The number of hydrogen-bond acceptors (Lipinski definition) is 5. The van der Waals surface area contributed by atoms with Crippen LogP contribution in [-0.2, 0) is 16.6 Å². The second-order valence-corrected chi connectivity index (χ2v) is 11.9. The Morgan fingerprint density at radius 1 is 1.05 bits per heavy atom. The third kappa shape index (κ3) is 8.62. The van der Waals surface area contributed by atoms with E-state index in [0.717, 1.165) is 0 Å². The lowest BCUT2D eigenvalue weighted by molar-refractivity contribution is -0.171. The van der Waals surface area contributed by atoms with Crippen LogP contribution in [0.4, 0.5) is 18.9 Å². The van der Waals surface area contributed by atoms with Crippen molar-refractivity contribution in [2.24, 2.45) is 12.5 Å². The monoisotopic (exact) mass is 635 g/mol. The number of alkyl halides is 3. The quantitative estimate of drug-likeness (QED) is 0.188. The number of ketones is 2. The molecule has 0 saturated heterocycles. The predicted molar refractivity (Wildman–Crippen MR) is 163 cm³/mol. The normalized spacial score (nSPS) is 12.6. The van der Waals surface area contributed by atoms with Crippen LogP contribution in [0.3, 0.4) is 0 Å². The third-order valence-electron chi connectivity index (χ3n) is 7.37. The van der Waals surface area contributed by atoms with Gasteiger partial charge in [0.15, 0.2) is 5.78 Å². The highest BCUT2D eigenvalue weighted by Crippen LogP contribution is 2.33. The van der Waals surface area contributed by atoms with Gasteiger partial charge in [-0.05, 0) is 55.5 Å². The number of nitrogens with zero attached hydrogens (tertiary/aromatic N) is 2. The summed E-state index contributed by atoms with van der Waals surface area (Å²) in [6.45, 7) is 7.42. The number of amides is 1. The van der Waals surface area contributed by atoms with Crippen LogP contribution in [0.1, 0.15) is 81.8 Å². The highest BCUT2D eigenvalue weighted by molar-refractivity contribution is 6.31. The van der Waals surface area contributed by atoms with Gasteiger partial charge < -0.3 is 10.1 Å². The first-order valence-corrected chi connectivity index (χ1v) is 14.7. The molecule has 238 valence electrons. The van der Waals surface area contributed by atoms with E-state index in [-0.39, 0.29) is 30.7 Å². The number of halogens is 4. The SMILES string of the molecule is CCOc1ccc(Cl)cc1C(=O)CCC(C)(C)CC(=O)Nc1c(C(C)CCC(=O)C(F)(F)F)n(C)n(-c2ccccc2)c1=O. The van der Waals surface area contributed by atoms with Crippen molar-refractivity contribution in [2.45, 2.75) is 71.9 Å². The minimum Gasteiger partial charge on any atom is -0.493 e. The number of Topliss-reactive ketones (excluding diaryl/α,β-unsaturated/α-hetero) is 2. The molecule has 2 aromatic carbocycles. The standard InChI is InChI=1S/C32H37ClF3N3O5/c1-6-44-25-14-13-21(33)18-23(25)24(40)16-17-31(3,4)19-27(42)37-28-29(20(2)12-15-26(41)32(34,35)36)38(5)39(30(28)43)22-10-8-7-9-11-22/h7-11,13-14,18,20H,6,12,15-17,19H2,1-5H3,(H,37,42). The van der Waals surface area contributed by atoms with E-state index < -0.39 is 41.2 Å². The zero-order valence-corrected chi connectivity index (χ0v) is 26.1. The smallest absolute Gasteiger partial charge is 0.449 e. The number of nitrogens with one attached hydrogen (secondary N) is 1. The molecule has 1 unspecified atom stereocenters. The van der Waals surface area contributed by atoms with E-state index in [4.69, 9.17) is 16.3 Å². The average Bonchev–Trinajstić information content (AvgIpc) is 3.19. The maximum absolute atomic E-state index is 13.6. The van der Waals surface area contributed by atoms with E-state index in [1.807, 2.05) is 13.8 Å². The molecule has 44 heavy (non-hydrogen) atoms. The fraction of sp³-hybridized carbons (Fsp3) is 0.438. The van der Waals surface area contributed by atoms with Gasteiger partial charge in [-0.2, -0.15) is 13.2 Å². The van der Waals surface area contributed by atoms with Crippen molar-refractivity contribution in [3.63, 3.8) is 0 Å². The van der Waals surface area contributed by atoms with Crippen LogP contribution in [0.5, 0.6) is 5.75 Å². The van der Waals surface area contributed by atoms with E-state index in [1.54, 1.807) is 69.4 Å². The summed E-state index contributed by atoms with van der Waals surface area (Å²) in [7, 11) is 1.57. The predicted octanol–water partition coefficient (Wildman–Crippen LogP) is 7.26. The molecule has 1 heterocycles. The maximum Gasteiger partial charge on any atom is 0.449 e. The van der Waals surface area contributed by atoms with Crippen LogP contribution in [0, 0.1) is 5.41 Å². The summed E-state index contributed by atoms with van der Waals surface area (Å²) in [5.74, 6) is -2.80. The van der Waals surface area contributed by atoms with Gasteiger partial charge in [0.05, 0.1) is 23.6 Å². The molecule has 3 rings (SSSR count). The number of carbonyl (C=O) groups excluding carboxylic acids is 3. The van der Waals surface area contributed by atoms with E-state index in [9.17, 15) is 32.3 Å². The van der Waals surface area contributed by atoms with E-state index in [2.05, 4.69) is 5.32 Å². The number of carbonyl (C=O) groups is 3. The molecule has 0 aliphatic rings. The summed E-state index contributed by atoms with van der Waals surface area (Å²) in [6, 6.07) is 13.4. The number of rotatable bonds is 14. The summed E-state index contributed by atoms with van der Waals surface area (Å²) >= 11 is 6.10. The highest BCUT2D eigenvalue weighted by Gasteiger charge is 2.38. The van der Waals surface area contributed by atoms with Gasteiger partial charge in [-0.25, -0.2) is 4.68 Å². The Balaban J connectivity index is 1.82. The van der Waals surface area contributed by atoms with Crippen LogP contribution >= 0.6 is 11.6 Å². The van der Waals surface area contributed by atoms with Crippen molar-refractivity contribution in [1.82, 2.24) is 9.36 Å². The first-order chi connectivity index (χ1) is 20.6. The Morgan fingerprint density at radius 3 is 2.32 bits per heavy atom. The third-order valence-corrected chi connectivity index (χ3v) is 7.61. The molecular weight excluding hydrogens is 599 g/mol. The van der Waals surface area contributed by atoms with Crippen molar-refractivity contribution in [3.8, 4) is 11.4 Å². The van der Waals surface area contributed by atoms with E-state index in [1.165, 1.54) is 9.36 Å². The minimum absolute atomic E-state index is 0.0474. The van der Waals surface area contributed by atoms with Crippen LogP contribution < -0.4 is 15.6 Å². The van der Waals surface area contributed by atoms with Gasteiger partial charge in [-0.15, -0.1) is 0 Å². The topological polar surface area (TPSA) is 99.4 Å². The summed E-state index contributed by atoms with van der Waals surface area (Å²) in [5, 5.41) is 3.09. The van der Waals surface area contributed by atoms with Crippen molar-refractivity contribution in [2.75, 3.05) is 11.9 Å². The summed E-state index contributed by atoms with van der Waals surface area (Å²) in [5.41, 5.74) is -0.157. The lowest BCUT2D eigenvalue weighted by atomic mass is 9.82. The number of hydrogen-bond donors (Lipinski definition) is 1. The molecule has 12 heteroatoms. The second-order valence-electron chi connectivity index (χ2n) is 11.5. The zero-order chi connectivity index (χ0) is 32.8. The number of anilines is 1. The van der Waals surface area contributed by atoms with Crippen molar-refractivity contribution in [1.29, 1.82) is 0 Å². The maximum atomic E-state index is 13.6. The van der Waals surface area contributed by atoms with Crippen LogP contribution in [-0.4, -0.2) is 39.6 Å². The molecule has 0 radical (unpaired) electrons. The molecular formula is C32H37ClF3N3O5. The Labute approximate surface area is 259 Å².